The molecule has 26 heavy (non-hydrogen) atoms. The van der Waals surface area contributed by atoms with Crippen LogP contribution >= 0.6 is 11.8 Å². The first-order valence-electron chi connectivity index (χ1n) is 8.37. The van der Waals surface area contributed by atoms with Crippen molar-refractivity contribution >= 4 is 28.5 Å². The number of rotatable bonds is 3. The van der Waals surface area contributed by atoms with E-state index in [1.807, 2.05) is 54.8 Å². The first kappa shape index (κ1) is 16.7. The lowest BCUT2D eigenvalue weighted by Crippen LogP contribution is -2.30. The number of benzene rings is 2. The first-order valence-corrected chi connectivity index (χ1v) is 9.59. The van der Waals surface area contributed by atoms with E-state index in [1.54, 1.807) is 23.4 Å². The van der Waals surface area contributed by atoms with Crippen molar-refractivity contribution in [2.75, 3.05) is 12.8 Å². The molecule has 6 heteroatoms. The number of pyridine rings is 1. The summed E-state index contributed by atoms with van der Waals surface area (Å²) in [5.41, 5.74) is 1.76. The fourth-order valence-corrected chi connectivity index (χ4v) is 3.75. The molecule has 3 aromatic rings. The van der Waals surface area contributed by atoms with Crippen LogP contribution in [0.25, 0.3) is 10.9 Å². The van der Waals surface area contributed by atoms with Crippen molar-refractivity contribution in [1.29, 1.82) is 0 Å². The summed E-state index contributed by atoms with van der Waals surface area (Å²) < 4.78 is 1.56. The molecule has 132 valence electrons. The number of fused-ring (bicyclic) bond motifs is 1. The highest BCUT2D eigenvalue weighted by molar-refractivity contribution is 7.98. The number of aliphatic imine (C=N–C) groups is 1. The molecular weight excluding hydrogens is 346 g/mol. The quantitative estimate of drug-likeness (QED) is 0.700. The van der Waals surface area contributed by atoms with Crippen LogP contribution in [-0.2, 0) is 7.05 Å². The van der Waals surface area contributed by atoms with Gasteiger partial charge in [0.15, 0.2) is 0 Å². The highest BCUT2D eigenvalue weighted by atomic mass is 32.2. The Balaban J connectivity index is 1.88. The lowest BCUT2D eigenvalue weighted by atomic mass is 10.1. The van der Waals surface area contributed by atoms with E-state index in [-0.39, 0.29) is 22.9 Å². The fourth-order valence-electron chi connectivity index (χ4n) is 3.31. The van der Waals surface area contributed by atoms with Gasteiger partial charge in [-0.1, -0.05) is 30.3 Å². The van der Waals surface area contributed by atoms with E-state index >= 15 is 0 Å². The van der Waals surface area contributed by atoms with Gasteiger partial charge in [-0.05, 0) is 30.0 Å². The maximum absolute atomic E-state index is 12.9. The second-order valence-corrected chi connectivity index (χ2v) is 7.14. The van der Waals surface area contributed by atoms with Gasteiger partial charge in [-0.3, -0.25) is 9.79 Å². The smallest absolute Gasteiger partial charge is 0.265 e. The highest BCUT2D eigenvalue weighted by Crippen LogP contribution is 2.31. The largest absolute Gasteiger partial charge is 0.506 e. The Bertz CT molecular complexity index is 1070. The first-order chi connectivity index (χ1) is 12.6. The molecular formula is C20H19N3O2S. The van der Waals surface area contributed by atoms with Crippen LogP contribution in [0.1, 0.15) is 17.2 Å². The molecule has 4 rings (SSSR count). The van der Waals surface area contributed by atoms with Gasteiger partial charge in [-0.2, -0.15) is 0 Å². The minimum atomic E-state index is -0.258. The van der Waals surface area contributed by atoms with Crippen LogP contribution in [0.15, 0.2) is 63.2 Å². The average molecular weight is 365 g/mol. The summed E-state index contributed by atoms with van der Waals surface area (Å²) >= 11 is 1.59. The van der Waals surface area contributed by atoms with Crippen LogP contribution in [0.3, 0.4) is 0 Å². The summed E-state index contributed by atoms with van der Waals surface area (Å²) in [6, 6.07) is 15.6. The van der Waals surface area contributed by atoms with Crippen molar-refractivity contribution in [1.82, 2.24) is 9.88 Å². The Hall–Kier alpha value is -2.73. The fraction of sp³-hybridized carbons (Fsp3) is 0.200. The minimum absolute atomic E-state index is 0.0149. The van der Waals surface area contributed by atoms with Crippen molar-refractivity contribution in [3.63, 3.8) is 0 Å². The second-order valence-electron chi connectivity index (χ2n) is 6.26. The standard InChI is InChI=1S/C20H19N3O2S/c1-23-16-9-8-13(26-2)10-14(16)18(24)17(20(23)25)19-21-11-15(22-19)12-6-4-3-5-7-12/h3-10,15,24H,11H2,1-2H3,(H,21,22). The maximum Gasteiger partial charge on any atom is 0.265 e. The number of nitrogens with one attached hydrogen (secondary N) is 1. The average Bonchev–Trinajstić information content (AvgIpc) is 3.16. The Morgan fingerprint density at radius 3 is 2.73 bits per heavy atom. The molecule has 0 fully saturated rings. The molecule has 0 bridgehead atoms. The number of aromatic nitrogens is 1. The third-order valence-corrected chi connectivity index (χ3v) is 5.47. The van der Waals surface area contributed by atoms with Gasteiger partial charge >= 0.3 is 0 Å². The van der Waals surface area contributed by atoms with E-state index in [1.165, 1.54) is 0 Å². The summed E-state index contributed by atoms with van der Waals surface area (Å²) in [6.45, 7) is 0.602. The molecule has 1 aliphatic rings. The number of hydrogen-bond donors (Lipinski definition) is 2. The van der Waals surface area contributed by atoms with Gasteiger partial charge < -0.3 is 15.0 Å². The summed E-state index contributed by atoms with van der Waals surface area (Å²) in [5.74, 6) is 0.437. The molecule has 1 aliphatic heterocycles. The van der Waals surface area contributed by atoms with Crippen LogP contribution in [0.4, 0.5) is 0 Å². The van der Waals surface area contributed by atoms with Crippen LogP contribution in [-0.4, -0.2) is 28.3 Å². The number of amidine groups is 1. The molecule has 1 atom stereocenters. The molecule has 1 unspecified atom stereocenters. The van der Waals surface area contributed by atoms with Gasteiger partial charge in [0, 0.05) is 23.9 Å². The molecule has 2 N–H and O–H groups in total. The van der Waals surface area contributed by atoms with E-state index in [2.05, 4.69) is 10.3 Å². The lowest BCUT2D eigenvalue weighted by Gasteiger charge is -2.12. The van der Waals surface area contributed by atoms with E-state index < -0.39 is 0 Å². The molecule has 0 saturated carbocycles. The summed E-state index contributed by atoms with van der Waals surface area (Å²) in [5, 5.41) is 14.7. The third kappa shape index (κ3) is 2.66. The van der Waals surface area contributed by atoms with E-state index in [0.29, 0.717) is 23.3 Å². The van der Waals surface area contributed by atoms with Crippen LogP contribution < -0.4 is 10.9 Å². The molecule has 1 aromatic heterocycles. The molecule has 0 amide bonds. The van der Waals surface area contributed by atoms with Crippen LogP contribution in [0, 0.1) is 0 Å². The monoisotopic (exact) mass is 365 g/mol. The lowest BCUT2D eigenvalue weighted by molar-refractivity contribution is 0.478. The maximum atomic E-state index is 12.9. The number of hydrogen-bond acceptors (Lipinski definition) is 5. The van der Waals surface area contributed by atoms with Crippen molar-refractivity contribution in [3.8, 4) is 5.75 Å². The van der Waals surface area contributed by atoms with Gasteiger partial charge in [0.05, 0.1) is 11.6 Å². The third-order valence-electron chi connectivity index (χ3n) is 4.74. The van der Waals surface area contributed by atoms with Crippen molar-refractivity contribution in [2.45, 2.75) is 10.9 Å². The topological polar surface area (TPSA) is 66.6 Å². The molecule has 5 nitrogen and oxygen atoms in total. The number of aryl methyl sites for hydroxylation is 1. The van der Waals surface area contributed by atoms with E-state index in [0.717, 1.165) is 10.5 Å². The van der Waals surface area contributed by atoms with Crippen molar-refractivity contribution in [3.05, 3.63) is 70.0 Å². The highest BCUT2D eigenvalue weighted by Gasteiger charge is 2.25. The zero-order valence-electron chi connectivity index (χ0n) is 14.6. The second kappa shape index (κ2) is 6.53. The number of thioether (sulfide) groups is 1. The summed E-state index contributed by atoms with van der Waals surface area (Å²) in [6.07, 6.45) is 1.98. The Labute approximate surface area is 155 Å². The van der Waals surface area contributed by atoms with E-state index in [4.69, 9.17) is 0 Å². The molecule has 0 aliphatic carbocycles. The van der Waals surface area contributed by atoms with E-state index in [9.17, 15) is 9.90 Å². The zero-order valence-corrected chi connectivity index (χ0v) is 15.4. The Morgan fingerprint density at radius 1 is 1.23 bits per heavy atom. The number of nitrogens with zero attached hydrogens (tertiary/aromatic N) is 2. The molecule has 0 spiro atoms. The summed E-state index contributed by atoms with van der Waals surface area (Å²) in [4.78, 5) is 18.6. The molecule has 0 saturated heterocycles. The van der Waals surface area contributed by atoms with Crippen molar-refractivity contribution in [2.24, 2.45) is 12.0 Å². The minimum Gasteiger partial charge on any atom is -0.506 e. The van der Waals surface area contributed by atoms with Gasteiger partial charge in [-0.15, -0.1) is 11.8 Å². The normalized spacial score (nSPS) is 16.5. The van der Waals surface area contributed by atoms with Gasteiger partial charge in [0.25, 0.3) is 5.56 Å². The van der Waals surface area contributed by atoms with Crippen LogP contribution in [0.2, 0.25) is 0 Å². The predicted molar refractivity (Wildman–Crippen MR) is 106 cm³/mol. The number of aromatic hydroxyl groups is 1. The van der Waals surface area contributed by atoms with Crippen LogP contribution in [0.5, 0.6) is 5.75 Å². The van der Waals surface area contributed by atoms with Crippen molar-refractivity contribution < 1.29 is 5.11 Å². The molecule has 2 heterocycles. The summed E-state index contributed by atoms with van der Waals surface area (Å²) in [7, 11) is 1.72. The molecule has 0 radical (unpaired) electrons. The SMILES string of the molecule is CSc1ccc2c(c1)c(O)c(C1=NC(c3ccccc3)CN1)c(=O)n2C. The van der Waals surface area contributed by atoms with Gasteiger partial charge in [-0.25, -0.2) is 0 Å². The predicted octanol–water partition coefficient (Wildman–Crippen LogP) is 3.06. The van der Waals surface area contributed by atoms with Gasteiger partial charge in [0.2, 0.25) is 0 Å². The molecule has 2 aromatic carbocycles. The Kier molecular flexibility index (Phi) is 4.20. The Morgan fingerprint density at radius 2 is 2.00 bits per heavy atom. The zero-order chi connectivity index (χ0) is 18.3. The van der Waals surface area contributed by atoms with Gasteiger partial charge in [0.1, 0.15) is 17.1 Å².